The fourth-order valence-electron chi connectivity index (χ4n) is 1.17. The Morgan fingerprint density at radius 3 is 2.82 bits per heavy atom. The van der Waals surface area contributed by atoms with E-state index in [0.29, 0.717) is 5.69 Å². The van der Waals surface area contributed by atoms with Gasteiger partial charge in [0.1, 0.15) is 0 Å². The molecule has 1 N–H and O–H groups in total. The number of hydrogen-bond donors (Lipinski definition) is 1. The maximum atomic E-state index is 13.5. The van der Waals surface area contributed by atoms with Crippen molar-refractivity contribution in [2.24, 2.45) is 0 Å². The van der Waals surface area contributed by atoms with Crippen LogP contribution in [0.25, 0.3) is 5.69 Å². The average Bonchev–Trinajstić information content (AvgIpc) is 2.75. The molecule has 0 spiro atoms. The van der Waals surface area contributed by atoms with Crippen LogP contribution in [0.3, 0.4) is 0 Å². The summed E-state index contributed by atoms with van der Waals surface area (Å²) in [5.41, 5.74) is 0.170. The first kappa shape index (κ1) is 12.2. The van der Waals surface area contributed by atoms with Gasteiger partial charge in [0.15, 0.2) is 11.5 Å². The maximum Gasteiger partial charge on any atom is 0.358 e. The van der Waals surface area contributed by atoms with Crippen molar-refractivity contribution in [1.29, 1.82) is 0 Å². The van der Waals surface area contributed by atoms with Crippen LogP contribution in [0.2, 0.25) is 5.02 Å². The number of carbonyl (C=O) groups is 1. The third-order valence-electron chi connectivity index (χ3n) is 1.97. The van der Waals surface area contributed by atoms with Gasteiger partial charge in [0.05, 0.1) is 20.5 Å². The monoisotopic (exact) mass is 367 g/mol. The molecule has 1 heterocycles. The second-order valence-corrected chi connectivity index (χ2v) is 4.53. The van der Waals surface area contributed by atoms with E-state index in [-0.39, 0.29) is 14.3 Å². The van der Waals surface area contributed by atoms with Gasteiger partial charge in [0.25, 0.3) is 0 Å². The molecule has 0 fully saturated rings. The van der Waals surface area contributed by atoms with Crippen LogP contribution in [0, 0.1) is 9.39 Å². The topological polar surface area (TPSA) is 68.0 Å². The van der Waals surface area contributed by atoms with E-state index in [9.17, 15) is 9.18 Å². The van der Waals surface area contributed by atoms with Crippen LogP contribution in [0.4, 0.5) is 4.39 Å². The van der Waals surface area contributed by atoms with Gasteiger partial charge in [-0.15, -0.1) is 5.10 Å². The van der Waals surface area contributed by atoms with E-state index < -0.39 is 11.8 Å². The van der Waals surface area contributed by atoms with Gasteiger partial charge >= 0.3 is 5.97 Å². The highest BCUT2D eigenvalue weighted by Crippen LogP contribution is 2.25. The molecule has 0 bridgehead atoms. The Morgan fingerprint density at radius 1 is 1.53 bits per heavy atom. The highest BCUT2D eigenvalue weighted by atomic mass is 127. The van der Waals surface area contributed by atoms with Crippen LogP contribution in [-0.4, -0.2) is 26.1 Å². The standard InChI is InChI=1S/C9H4ClFIN3O2/c10-4-1-2-6(8(12)7(4)11)15-3-5(9(16)17)13-14-15/h1-3H,(H,16,17). The number of carboxylic acids is 1. The zero-order valence-electron chi connectivity index (χ0n) is 8.06. The van der Waals surface area contributed by atoms with Crippen molar-refractivity contribution < 1.29 is 14.3 Å². The minimum Gasteiger partial charge on any atom is -0.476 e. The molecule has 1 aromatic heterocycles. The van der Waals surface area contributed by atoms with Crippen LogP contribution in [0.5, 0.6) is 0 Å². The van der Waals surface area contributed by atoms with Crippen LogP contribution in [0.15, 0.2) is 18.3 Å². The number of aromatic nitrogens is 3. The van der Waals surface area contributed by atoms with Gasteiger partial charge in [-0.25, -0.2) is 13.9 Å². The van der Waals surface area contributed by atoms with Gasteiger partial charge in [0.2, 0.25) is 0 Å². The molecule has 0 radical (unpaired) electrons. The summed E-state index contributed by atoms with van der Waals surface area (Å²) in [5.74, 6) is -1.77. The molecule has 2 rings (SSSR count). The molecule has 0 saturated carbocycles. The first-order valence-electron chi connectivity index (χ1n) is 4.30. The molecule has 0 saturated heterocycles. The zero-order chi connectivity index (χ0) is 12.6. The molecule has 88 valence electrons. The van der Waals surface area contributed by atoms with Crippen molar-refractivity contribution in [2.75, 3.05) is 0 Å². The number of aromatic carboxylic acids is 1. The Labute approximate surface area is 113 Å². The SMILES string of the molecule is O=C(O)c1cn(-c2ccc(Cl)c(F)c2I)nn1. The van der Waals surface area contributed by atoms with Crippen LogP contribution >= 0.6 is 34.2 Å². The van der Waals surface area contributed by atoms with E-state index in [1.54, 1.807) is 22.6 Å². The molecule has 0 amide bonds. The number of carboxylic acid groups (broad SMARTS) is 1. The second-order valence-electron chi connectivity index (χ2n) is 3.05. The quantitative estimate of drug-likeness (QED) is 0.654. The Hall–Kier alpha value is -1.22. The molecular formula is C9H4ClFIN3O2. The molecule has 0 atom stereocenters. The Morgan fingerprint density at radius 2 is 2.24 bits per heavy atom. The number of nitrogens with zero attached hydrogens (tertiary/aromatic N) is 3. The lowest BCUT2D eigenvalue weighted by atomic mass is 10.3. The van der Waals surface area contributed by atoms with Crippen molar-refractivity contribution in [2.45, 2.75) is 0 Å². The van der Waals surface area contributed by atoms with Gasteiger partial charge in [-0.05, 0) is 34.7 Å². The van der Waals surface area contributed by atoms with Crippen molar-refractivity contribution in [3.8, 4) is 5.69 Å². The Balaban J connectivity index is 2.53. The molecule has 2 aromatic rings. The maximum absolute atomic E-state index is 13.5. The van der Waals surface area contributed by atoms with Gasteiger partial charge < -0.3 is 5.11 Å². The summed E-state index contributed by atoms with van der Waals surface area (Å²) in [6, 6.07) is 2.91. The van der Waals surface area contributed by atoms with E-state index in [1.807, 2.05) is 0 Å². The minimum absolute atomic E-state index is 0.00303. The molecule has 5 nitrogen and oxygen atoms in total. The molecule has 1 aromatic carbocycles. The number of halogens is 3. The van der Waals surface area contributed by atoms with Crippen LogP contribution < -0.4 is 0 Å². The normalized spacial score (nSPS) is 10.5. The first-order chi connectivity index (χ1) is 8.00. The van der Waals surface area contributed by atoms with E-state index >= 15 is 0 Å². The second kappa shape index (κ2) is 4.57. The minimum atomic E-state index is -1.19. The summed E-state index contributed by atoms with van der Waals surface area (Å²) >= 11 is 7.38. The lowest BCUT2D eigenvalue weighted by Crippen LogP contribution is -2.00. The van der Waals surface area contributed by atoms with Crippen molar-refractivity contribution >= 4 is 40.2 Å². The summed E-state index contributed by atoms with van der Waals surface area (Å²) in [4.78, 5) is 10.6. The highest BCUT2D eigenvalue weighted by Gasteiger charge is 2.14. The predicted molar refractivity (Wildman–Crippen MR) is 66.0 cm³/mol. The summed E-state index contributed by atoms with van der Waals surface area (Å²) in [6.07, 6.45) is 1.20. The zero-order valence-corrected chi connectivity index (χ0v) is 11.0. The number of rotatable bonds is 2. The average molecular weight is 368 g/mol. The smallest absolute Gasteiger partial charge is 0.358 e. The Kier molecular flexibility index (Phi) is 3.29. The molecule has 0 aliphatic rings. The predicted octanol–water partition coefficient (Wildman–Crippen LogP) is 2.36. The summed E-state index contributed by atoms with van der Waals surface area (Å²) in [6.45, 7) is 0. The summed E-state index contributed by atoms with van der Waals surface area (Å²) in [5, 5.41) is 15.7. The number of benzene rings is 1. The third-order valence-corrected chi connectivity index (χ3v) is 3.29. The van der Waals surface area contributed by atoms with Crippen LogP contribution in [0.1, 0.15) is 10.5 Å². The molecule has 17 heavy (non-hydrogen) atoms. The fourth-order valence-corrected chi connectivity index (χ4v) is 2.21. The van der Waals surface area contributed by atoms with E-state index in [4.69, 9.17) is 16.7 Å². The molecular weight excluding hydrogens is 363 g/mol. The molecule has 0 aliphatic heterocycles. The van der Waals surface area contributed by atoms with Gasteiger partial charge in [-0.3, -0.25) is 0 Å². The first-order valence-corrected chi connectivity index (χ1v) is 5.76. The lowest BCUT2D eigenvalue weighted by Gasteiger charge is -2.05. The molecule has 0 aliphatic carbocycles. The van der Waals surface area contributed by atoms with E-state index in [0.717, 1.165) is 0 Å². The largest absolute Gasteiger partial charge is 0.476 e. The van der Waals surface area contributed by atoms with E-state index in [1.165, 1.54) is 23.0 Å². The fraction of sp³-hybridized carbons (Fsp3) is 0. The lowest BCUT2D eigenvalue weighted by molar-refractivity contribution is 0.0690. The highest BCUT2D eigenvalue weighted by molar-refractivity contribution is 14.1. The van der Waals surface area contributed by atoms with Gasteiger partial charge in [0, 0.05) is 0 Å². The molecule has 8 heteroatoms. The summed E-state index contributed by atoms with van der Waals surface area (Å²) < 4.78 is 15.0. The van der Waals surface area contributed by atoms with Gasteiger partial charge in [-0.1, -0.05) is 16.8 Å². The van der Waals surface area contributed by atoms with Crippen LogP contribution in [-0.2, 0) is 0 Å². The van der Waals surface area contributed by atoms with Crippen molar-refractivity contribution in [3.63, 3.8) is 0 Å². The van der Waals surface area contributed by atoms with Gasteiger partial charge in [-0.2, -0.15) is 0 Å². The van der Waals surface area contributed by atoms with Crippen molar-refractivity contribution in [3.05, 3.63) is 38.4 Å². The number of hydrogen-bond acceptors (Lipinski definition) is 3. The van der Waals surface area contributed by atoms with Crippen molar-refractivity contribution in [1.82, 2.24) is 15.0 Å². The Bertz CT molecular complexity index is 602. The van der Waals surface area contributed by atoms with E-state index in [2.05, 4.69) is 10.3 Å². The molecule has 0 unspecified atom stereocenters. The summed E-state index contributed by atoms with van der Waals surface area (Å²) in [7, 11) is 0. The third kappa shape index (κ3) is 2.25.